The molecule has 1 heterocycles. The van der Waals surface area contributed by atoms with Crippen molar-refractivity contribution in [3.05, 3.63) is 0 Å². The fraction of sp³-hybridized carbons (Fsp3) is 1.00. The van der Waals surface area contributed by atoms with E-state index in [0.29, 0.717) is 0 Å². The number of hydrogen-bond acceptors (Lipinski definition) is 3. The molecule has 1 aliphatic heterocycles. The van der Waals surface area contributed by atoms with Crippen molar-refractivity contribution in [2.24, 2.45) is 0 Å². The van der Waals surface area contributed by atoms with E-state index in [2.05, 4.69) is 9.47 Å². The Morgan fingerprint density at radius 1 is 1.29 bits per heavy atom. The van der Waals surface area contributed by atoms with Crippen LogP contribution in [-0.4, -0.2) is 20.4 Å². The maximum Gasteiger partial charge on any atom is 0.264 e. The SMILES string of the molecule is [O-][O+]1COCOC1. The van der Waals surface area contributed by atoms with Gasteiger partial charge in [-0.3, -0.25) is 9.47 Å². The first-order valence-electron chi connectivity index (χ1n) is 1.90. The van der Waals surface area contributed by atoms with Gasteiger partial charge in [-0.15, -0.1) is 0 Å². The Kier molecular flexibility index (Phi) is 1.59. The highest BCUT2D eigenvalue weighted by Gasteiger charge is 2.04. The number of hydrogen-bond donors (Lipinski definition) is 0. The zero-order valence-electron chi connectivity index (χ0n) is 3.75. The van der Waals surface area contributed by atoms with Crippen molar-refractivity contribution in [1.29, 1.82) is 0 Å². The normalized spacial score (nSPS) is 25.3. The van der Waals surface area contributed by atoms with Gasteiger partial charge in [0.1, 0.15) is 0 Å². The molecule has 42 valence electrons. The summed E-state index contributed by atoms with van der Waals surface area (Å²) < 4.78 is 10.4. The Balaban J connectivity index is 2.12. The second-order valence-corrected chi connectivity index (χ2v) is 1.20. The predicted octanol–water partition coefficient (Wildman–Crippen LogP) is -1.27. The van der Waals surface area contributed by atoms with Crippen molar-refractivity contribution >= 4 is 0 Å². The molecule has 1 aliphatic rings. The van der Waals surface area contributed by atoms with Crippen LogP contribution >= 0.6 is 0 Å². The highest BCUT2D eigenvalue weighted by Crippen LogP contribution is 1.93. The number of ether oxygens (including phenoxy) is 2. The van der Waals surface area contributed by atoms with Crippen molar-refractivity contribution in [2.75, 3.05) is 20.4 Å². The summed E-state index contributed by atoms with van der Waals surface area (Å²) in [7, 11) is 0. The van der Waals surface area contributed by atoms with Gasteiger partial charge in [-0.2, -0.15) is 0 Å². The van der Waals surface area contributed by atoms with E-state index in [1.807, 2.05) is 0 Å². The highest BCUT2D eigenvalue weighted by molar-refractivity contribution is 4.12. The molecule has 0 aromatic heterocycles. The molecule has 1 fully saturated rings. The molecule has 0 N–H and O–H groups in total. The van der Waals surface area contributed by atoms with Gasteiger partial charge in [0.25, 0.3) is 13.6 Å². The lowest BCUT2D eigenvalue weighted by atomic mass is 11.2. The summed E-state index contributed by atoms with van der Waals surface area (Å²) in [6.07, 6.45) is 0. The first-order valence-corrected chi connectivity index (χ1v) is 1.90. The average Bonchev–Trinajstić information content (AvgIpc) is 1.69. The van der Waals surface area contributed by atoms with Crippen LogP contribution in [0, 0.1) is 0 Å². The predicted molar refractivity (Wildman–Crippen MR) is 17.9 cm³/mol. The van der Waals surface area contributed by atoms with Crippen molar-refractivity contribution in [1.82, 2.24) is 0 Å². The third kappa shape index (κ3) is 1.40. The van der Waals surface area contributed by atoms with Crippen LogP contribution < -0.4 is 5.26 Å². The molecule has 0 aromatic rings. The smallest absolute Gasteiger partial charge is 0.264 e. The van der Waals surface area contributed by atoms with Gasteiger partial charge in [0.15, 0.2) is 6.79 Å². The van der Waals surface area contributed by atoms with Crippen LogP contribution in [0.25, 0.3) is 0 Å². The Morgan fingerprint density at radius 3 is 2.14 bits per heavy atom. The van der Waals surface area contributed by atoms with E-state index in [0.717, 1.165) is 0 Å². The third-order valence-corrected chi connectivity index (χ3v) is 0.596. The summed E-state index contributed by atoms with van der Waals surface area (Å²) in [4.78, 5) is 0. The van der Waals surface area contributed by atoms with E-state index in [1.165, 1.54) is 4.52 Å². The van der Waals surface area contributed by atoms with E-state index in [9.17, 15) is 5.26 Å². The maximum absolute atomic E-state index is 10.0. The average molecular weight is 106 g/mol. The molecular weight excluding hydrogens is 100 g/mol. The molecule has 0 radical (unpaired) electrons. The topological polar surface area (TPSA) is 44.2 Å². The Bertz CT molecular complexity index is 48.9. The summed E-state index contributed by atoms with van der Waals surface area (Å²) in [5.41, 5.74) is 0. The molecule has 1 saturated heterocycles. The van der Waals surface area contributed by atoms with Crippen LogP contribution in [0.15, 0.2) is 0 Å². The quantitative estimate of drug-likeness (QED) is 0.286. The van der Waals surface area contributed by atoms with E-state index in [1.54, 1.807) is 0 Å². The van der Waals surface area contributed by atoms with Crippen molar-refractivity contribution in [3.63, 3.8) is 0 Å². The molecule has 0 aliphatic carbocycles. The van der Waals surface area contributed by atoms with Crippen molar-refractivity contribution in [3.8, 4) is 0 Å². The second kappa shape index (κ2) is 2.23. The van der Waals surface area contributed by atoms with E-state index >= 15 is 0 Å². The minimum absolute atomic E-state index is 0.0556. The first kappa shape index (κ1) is 4.99. The Hall–Kier alpha value is -0.160. The molecule has 4 heteroatoms. The molecule has 0 aromatic carbocycles. The van der Waals surface area contributed by atoms with Crippen LogP contribution in [0.2, 0.25) is 0 Å². The Morgan fingerprint density at radius 2 is 1.86 bits per heavy atom. The fourth-order valence-electron chi connectivity index (χ4n) is 0.347. The summed E-state index contributed by atoms with van der Waals surface area (Å²) in [5, 5.41) is 10.0. The van der Waals surface area contributed by atoms with E-state index in [4.69, 9.17) is 0 Å². The lowest BCUT2D eigenvalue weighted by Gasteiger charge is -2.23. The second-order valence-electron chi connectivity index (χ2n) is 1.20. The molecule has 4 nitrogen and oxygen atoms in total. The first-order chi connectivity index (χ1) is 3.39. The van der Waals surface area contributed by atoms with Gasteiger partial charge in [0.05, 0.1) is 0 Å². The minimum atomic E-state index is 0.0556. The van der Waals surface area contributed by atoms with E-state index < -0.39 is 0 Å². The fourth-order valence-corrected chi connectivity index (χ4v) is 0.347. The van der Waals surface area contributed by atoms with Crippen LogP contribution in [0.3, 0.4) is 0 Å². The van der Waals surface area contributed by atoms with Gasteiger partial charge in [0.2, 0.25) is 0 Å². The van der Waals surface area contributed by atoms with Gasteiger partial charge >= 0.3 is 0 Å². The lowest BCUT2D eigenvalue weighted by molar-refractivity contribution is -0.827. The summed E-state index contributed by atoms with van der Waals surface area (Å²) in [6.45, 7) is 0.339. The molecule has 0 amide bonds. The van der Waals surface area contributed by atoms with Crippen molar-refractivity contribution < 1.29 is 19.2 Å². The molecule has 0 unspecified atom stereocenters. The summed E-state index contributed by atoms with van der Waals surface area (Å²) in [6, 6.07) is 0. The summed E-state index contributed by atoms with van der Waals surface area (Å²) in [5.74, 6) is 0. The van der Waals surface area contributed by atoms with Gasteiger partial charge in [0, 0.05) is 0 Å². The molecule has 0 spiro atoms. The largest absolute Gasteiger partial charge is 0.530 e. The molecule has 1 rings (SSSR count). The van der Waals surface area contributed by atoms with Gasteiger partial charge in [-0.05, 0) is 0 Å². The third-order valence-electron chi connectivity index (χ3n) is 0.596. The maximum atomic E-state index is 10.0. The van der Waals surface area contributed by atoms with Crippen LogP contribution in [0.4, 0.5) is 0 Å². The minimum Gasteiger partial charge on any atom is -0.530 e. The summed E-state index contributed by atoms with van der Waals surface area (Å²) >= 11 is 0. The van der Waals surface area contributed by atoms with Gasteiger partial charge < -0.3 is 9.78 Å². The number of rotatable bonds is 0. The van der Waals surface area contributed by atoms with Crippen molar-refractivity contribution in [2.45, 2.75) is 0 Å². The molecule has 0 atom stereocenters. The zero-order chi connectivity index (χ0) is 5.11. The lowest BCUT2D eigenvalue weighted by Crippen LogP contribution is -2.35. The molecular formula is C3H6O4. The van der Waals surface area contributed by atoms with Gasteiger partial charge in [-0.1, -0.05) is 0 Å². The standard InChI is InChI=1S/C3H6O4/c4-7-2-5-1-6-3-7/h1-3H2. The highest BCUT2D eigenvalue weighted by atomic mass is 17.3. The monoisotopic (exact) mass is 106 g/mol. The van der Waals surface area contributed by atoms with E-state index in [-0.39, 0.29) is 20.4 Å². The van der Waals surface area contributed by atoms with Crippen LogP contribution in [0.5, 0.6) is 0 Å². The zero-order valence-corrected chi connectivity index (χ0v) is 3.75. The molecule has 7 heavy (non-hydrogen) atoms. The van der Waals surface area contributed by atoms with Gasteiger partial charge in [-0.25, -0.2) is 0 Å². The Labute approximate surface area is 40.8 Å². The van der Waals surface area contributed by atoms with Crippen LogP contribution in [-0.2, 0) is 14.0 Å². The molecule has 0 saturated carbocycles. The van der Waals surface area contributed by atoms with Crippen LogP contribution in [0.1, 0.15) is 0 Å². The molecule has 0 bridgehead atoms.